The summed E-state index contributed by atoms with van der Waals surface area (Å²) in [6.45, 7) is 0.139. The van der Waals surface area contributed by atoms with Crippen LogP contribution in [-0.4, -0.2) is 40.1 Å². The van der Waals surface area contributed by atoms with Crippen molar-refractivity contribution in [1.29, 1.82) is 0 Å². The molecule has 2 aromatic heterocycles. The van der Waals surface area contributed by atoms with Crippen molar-refractivity contribution in [3.8, 4) is 17.0 Å². The van der Waals surface area contributed by atoms with Gasteiger partial charge >= 0.3 is 0 Å². The second-order valence-electron chi connectivity index (χ2n) is 5.18. The highest BCUT2D eigenvalue weighted by atomic mass is 32.1. The third kappa shape index (κ3) is 3.78. The second-order valence-corrected chi connectivity index (χ2v) is 6.19. The fraction of sp³-hybridized carbons (Fsp3) is 0.188. The van der Waals surface area contributed by atoms with Crippen LogP contribution in [0.25, 0.3) is 16.2 Å². The standard InChI is InChI=1S/C16H16N4O4S/c1-24-11-4-2-3-10(7-11)12-8-20-9-13(25-16(20)18-12)15(22)17-6-5-14(21)19-23/h2-4,7-9,23H,5-6H2,1H3,(H,17,22)(H,19,21). The molecule has 9 heteroatoms. The molecule has 0 atom stereocenters. The lowest BCUT2D eigenvalue weighted by Crippen LogP contribution is -2.28. The molecular weight excluding hydrogens is 344 g/mol. The minimum atomic E-state index is -0.552. The number of amides is 2. The molecule has 25 heavy (non-hydrogen) atoms. The van der Waals surface area contributed by atoms with Crippen molar-refractivity contribution in [3.05, 3.63) is 41.5 Å². The molecule has 0 fully saturated rings. The highest BCUT2D eigenvalue weighted by Gasteiger charge is 2.14. The zero-order valence-electron chi connectivity index (χ0n) is 13.4. The van der Waals surface area contributed by atoms with Gasteiger partial charge in [0.05, 0.1) is 12.8 Å². The molecule has 0 aliphatic carbocycles. The topological polar surface area (TPSA) is 105 Å². The number of aromatic nitrogens is 2. The van der Waals surface area contributed by atoms with E-state index in [1.807, 2.05) is 30.5 Å². The Bertz CT molecular complexity index is 886. The second kappa shape index (κ2) is 7.32. The minimum absolute atomic E-state index is 0.00470. The smallest absolute Gasteiger partial charge is 0.263 e. The number of ether oxygens (including phenoxy) is 1. The fourth-order valence-corrected chi connectivity index (χ4v) is 3.14. The van der Waals surface area contributed by atoms with E-state index in [1.54, 1.807) is 17.7 Å². The number of imidazole rings is 1. The van der Waals surface area contributed by atoms with Crippen molar-refractivity contribution < 1.29 is 19.5 Å². The number of fused-ring (bicyclic) bond motifs is 1. The van der Waals surface area contributed by atoms with Gasteiger partial charge in [0.15, 0.2) is 4.96 Å². The molecule has 0 aliphatic heterocycles. The van der Waals surface area contributed by atoms with E-state index in [-0.39, 0.29) is 18.9 Å². The average Bonchev–Trinajstić information content (AvgIpc) is 3.20. The Morgan fingerprint density at radius 3 is 2.92 bits per heavy atom. The maximum atomic E-state index is 12.1. The van der Waals surface area contributed by atoms with Gasteiger partial charge in [-0.1, -0.05) is 23.5 Å². The Kier molecular flexibility index (Phi) is 4.96. The zero-order chi connectivity index (χ0) is 17.8. The van der Waals surface area contributed by atoms with Crippen LogP contribution in [0, 0.1) is 0 Å². The average molecular weight is 360 g/mol. The number of methoxy groups -OCH3 is 1. The molecular formula is C16H16N4O4S. The van der Waals surface area contributed by atoms with E-state index >= 15 is 0 Å². The van der Waals surface area contributed by atoms with Gasteiger partial charge in [0, 0.05) is 30.9 Å². The molecule has 0 saturated carbocycles. The highest BCUT2D eigenvalue weighted by Crippen LogP contribution is 2.26. The monoisotopic (exact) mass is 360 g/mol. The van der Waals surface area contributed by atoms with Crippen LogP contribution in [0.2, 0.25) is 0 Å². The predicted molar refractivity (Wildman–Crippen MR) is 91.9 cm³/mol. The van der Waals surface area contributed by atoms with Gasteiger partial charge in [0.1, 0.15) is 10.6 Å². The third-order valence-corrected chi connectivity index (χ3v) is 4.50. The first-order chi connectivity index (χ1) is 12.1. The summed E-state index contributed by atoms with van der Waals surface area (Å²) in [5, 5.41) is 11.0. The van der Waals surface area contributed by atoms with Crippen LogP contribution in [0.1, 0.15) is 16.1 Å². The summed E-state index contributed by atoms with van der Waals surface area (Å²) in [4.78, 5) is 28.7. The Balaban J connectivity index is 1.73. The van der Waals surface area contributed by atoms with Crippen molar-refractivity contribution in [2.45, 2.75) is 6.42 Å². The summed E-state index contributed by atoms with van der Waals surface area (Å²) in [6, 6.07) is 7.59. The normalized spacial score (nSPS) is 10.6. The predicted octanol–water partition coefficient (Wildman–Crippen LogP) is 1.70. The SMILES string of the molecule is COc1cccc(-c2cn3cc(C(=O)NCCC(=O)NO)sc3n2)c1. The van der Waals surface area contributed by atoms with Crippen molar-refractivity contribution in [1.82, 2.24) is 20.2 Å². The van der Waals surface area contributed by atoms with Gasteiger partial charge in [0.25, 0.3) is 5.91 Å². The summed E-state index contributed by atoms with van der Waals surface area (Å²) in [5.74, 6) is -0.0887. The van der Waals surface area contributed by atoms with Crippen LogP contribution < -0.4 is 15.5 Å². The molecule has 2 heterocycles. The van der Waals surface area contributed by atoms with E-state index in [0.29, 0.717) is 9.84 Å². The fourth-order valence-electron chi connectivity index (χ4n) is 2.25. The van der Waals surface area contributed by atoms with Crippen LogP contribution in [0.15, 0.2) is 36.7 Å². The molecule has 0 unspecified atom stereocenters. The number of hydroxylamine groups is 1. The largest absolute Gasteiger partial charge is 0.497 e. The van der Waals surface area contributed by atoms with E-state index < -0.39 is 5.91 Å². The van der Waals surface area contributed by atoms with Gasteiger partial charge in [-0.3, -0.25) is 19.2 Å². The maximum Gasteiger partial charge on any atom is 0.263 e. The summed E-state index contributed by atoms with van der Waals surface area (Å²) >= 11 is 1.25. The van der Waals surface area contributed by atoms with E-state index in [0.717, 1.165) is 17.0 Å². The summed E-state index contributed by atoms with van der Waals surface area (Å²) in [6.07, 6.45) is 3.54. The Morgan fingerprint density at radius 1 is 1.36 bits per heavy atom. The van der Waals surface area contributed by atoms with Crippen molar-refractivity contribution in [3.63, 3.8) is 0 Å². The zero-order valence-corrected chi connectivity index (χ0v) is 14.2. The third-order valence-electron chi connectivity index (χ3n) is 3.51. The number of nitrogens with one attached hydrogen (secondary N) is 2. The number of hydrogen-bond donors (Lipinski definition) is 3. The summed E-state index contributed by atoms with van der Waals surface area (Å²) < 4.78 is 7.00. The van der Waals surface area contributed by atoms with Crippen LogP contribution in [0.3, 0.4) is 0 Å². The number of benzene rings is 1. The molecule has 0 radical (unpaired) electrons. The molecule has 8 nitrogen and oxygen atoms in total. The van der Waals surface area contributed by atoms with E-state index in [2.05, 4.69) is 10.3 Å². The van der Waals surface area contributed by atoms with Crippen molar-refractivity contribution in [2.75, 3.05) is 13.7 Å². The molecule has 1 aromatic carbocycles. The van der Waals surface area contributed by atoms with Crippen LogP contribution in [-0.2, 0) is 4.79 Å². The minimum Gasteiger partial charge on any atom is -0.497 e. The number of nitrogens with zero attached hydrogens (tertiary/aromatic N) is 2. The van der Waals surface area contributed by atoms with E-state index in [4.69, 9.17) is 9.94 Å². The number of thiazole rings is 1. The Morgan fingerprint density at radius 2 is 2.20 bits per heavy atom. The first-order valence-corrected chi connectivity index (χ1v) is 8.26. The Hall–Kier alpha value is -2.91. The van der Waals surface area contributed by atoms with Gasteiger partial charge in [-0.05, 0) is 12.1 Å². The molecule has 2 amide bonds. The lowest BCUT2D eigenvalue weighted by atomic mass is 10.1. The number of carbonyl (C=O) groups excluding carboxylic acids is 2. The molecule has 0 aliphatic rings. The lowest BCUT2D eigenvalue weighted by molar-refractivity contribution is -0.129. The van der Waals surface area contributed by atoms with E-state index in [9.17, 15) is 9.59 Å². The molecule has 130 valence electrons. The number of hydrogen-bond acceptors (Lipinski definition) is 6. The lowest BCUT2D eigenvalue weighted by Gasteiger charge is -2.02. The molecule has 3 aromatic rings. The van der Waals surface area contributed by atoms with Gasteiger partial charge in [-0.2, -0.15) is 0 Å². The number of carbonyl (C=O) groups is 2. The first kappa shape index (κ1) is 16.9. The highest BCUT2D eigenvalue weighted by molar-refractivity contribution is 7.18. The quantitative estimate of drug-likeness (QED) is 0.458. The van der Waals surface area contributed by atoms with Crippen LogP contribution in [0.4, 0.5) is 0 Å². The Labute approximate surface area is 147 Å². The molecule has 0 spiro atoms. The van der Waals surface area contributed by atoms with Crippen LogP contribution >= 0.6 is 11.3 Å². The molecule has 3 rings (SSSR count). The van der Waals surface area contributed by atoms with E-state index in [1.165, 1.54) is 16.8 Å². The molecule has 0 bridgehead atoms. The summed E-state index contributed by atoms with van der Waals surface area (Å²) in [7, 11) is 1.61. The van der Waals surface area contributed by atoms with Crippen molar-refractivity contribution in [2.24, 2.45) is 0 Å². The molecule has 0 saturated heterocycles. The first-order valence-electron chi connectivity index (χ1n) is 7.45. The van der Waals surface area contributed by atoms with Crippen LogP contribution in [0.5, 0.6) is 5.75 Å². The van der Waals surface area contributed by atoms with Crippen molar-refractivity contribution >= 4 is 28.1 Å². The van der Waals surface area contributed by atoms with Gasteiger partial charge in [-0.15, -0.1) is 0 Å². The summed E-state index contributed by atoms with van der Waals surface area (Å²) in [5.41, 5.74) is 3.23. The van der Waals surface area contributed by atoms with Gasteiger partial charge in [0.2, 0.25) is 5.91 Å². The van der Waals surface area contributed by atoms with Gasteiger partial charge < -0.3 is 10.1 Å². The maximum absolute atomic E-state index is 12.1. The van der Waals surface area contributed by atoms with Gasteiger partial charge in [-0.25, -0.2) is 10.5 Å². The molecule has 3 N–H and O–H groups in total. The number of rotatable bonds is 6.